The molecule has 0 radical (unpaired) electrons. The van der Waals surface area contributed by atoms with Gasteiger partial charge in [0.2, 0.25) is 0 Å². The normalized spacial score (nSPS) is 39.1. The Labute approximate surface area is 106 Å². The van der Waals surface area contributed by atoms with Crippen molar-refractivity contribution in [3.8, 4) is 0 Å². The van der Waals surface area contributed by atoms with Gasteiger partial charge in [0.05, 0.1) is 0 Å². The lowest BCUT2D eigenvalue weighted by atomic mass is 9.84. The average Bonchev–Trinajstić information content (AvgIpc) is 2.68. The molecule has 0 unspecified atom stereocenters. The zero-order chi connectivity index (χ0) is 13.0. The fraction of sp³-hybridized carbons (Fsp3) is 0.467. The van der Waals surface area contributed by atoms with Gasteiger partial charge in [-0.25, -0.2) is 4.79 Å². The van der Waals surface area contributed by atoms with Crippen LogP contribution in [0.3, 0.4) is 0 Å². The summed E-state index contributed by atoms with van der Waals surface area (Å²) in [6, 6.07) is 0. The summed E-state index contributed by atoms with van der Waals surface area (Å²) in [4.78, 5) is 23.3. The molecule has 0 aromatic carbocycles. The highest BCUT2D eigenvalue weighted by atomic mass is 16.6. The largest absolute Gasteiger partial charge is 0.458 e. The molecule has 0 amide bonds. The first-order chi connectivity index (χ1) is 8.49. The highest BCUT2D eigenvalue weighted by Gasteiger charge is 2.46. The predicted octanol–water partition coefficient (Wildman–Crippen LogP) is 2.20. The third-order valence-corrected chi connectivity index (χ3v) is 4.50. The van der Waals surface area contributed by atoms with Crippen LogP contribution in [0.15, 0.2) is 36.0 Å². The molecular weight excluding hydrogens is 228 g/mol. The average molecular weight is 244 g/mol. The standard InChI is InChI=1S/C15H16O3/c1-7-4-14-12(9(3)15(17)18-14)5-11-8(2)13(16)6-10(7)11/h6-7,11-12,14H,2-5H2,1H3/t7-,11-,12+,14-/m0/s1. The monoisotopic (exact) mass is 244 g/mol. The summed E-state index contributed by atoms with van der Waals surface area (Å²) >= 11 is 0. The van der Waals surface area contributed by atoms with E-state index in [1.165, 1.54) is 0 Å². The van der Waals surface area contributed by atoms with Crippen LogP contribution >= 0.6 is 0 Å². The Morgan fingerprint density at radius 1 is 1.22 bits per heavy atom. The number of fused-ring (bicyclic) bond motifs is 2. The first kappa shape index (κ1) is 11.5. The van der Waals surface area contributed by atoms with E-state index in [0.29, 0.717) is 11.1 Å². The number of esters is 1. The van der Waals surface area contributed by atoms with E-state index in [2.05, 4.69) is 20.1 Å². The minimum absolute atomic E-state index is 0.0381. The molecule has 2 aliphatic carbocycles. The number of carbonyl (C=O) groups excluding carboxylic acids is 2. The Hall–Kier alpha value is -1.64. The second-order valence-electron chi connectivity index (χ2n) is 5.53. The maximum atomic E-state index is 11.7. The van der Waals surface area contributed by atoms with Crippen molar-refractivity contribution in [2.75, 3.05) is 0 Å². The summed E-state index contributed by atoms with van der Waals surface area (Å²) < 4.78 is 5.37. The molecule has 0 N–H and O–H groups in total. The van der Waals surface area contributed by atoms with Crippen LogP contribution in [0.4, 0.5) is 0 Å². The van der Waals surface area contributed by atoms with Crippen molar-refractivity contribution in [3.05, 3.63) is 36.0 Å². The van der Waals surface area contributed by atoms with Crippen LogP contribution in [-0.2, 0) is 14.3 Å². The summed E-state index contributed by atoms with van der Waals surface area (Å²) in [6.07, 6.45) is 3.16. The highest BCUT2D eigenvalue weighted by molar-refractivity contribution is 6.07. The molecule has 2 fully saturated rings. The van der Waals surface area contributed by atoms with Crippen LogP contribution in [0.1, 0.15) is 19.8 Å². The number of allylic oxidation sites excluding steroid dienone is 3. The number of hydrogen-bond acceptors (Lipinski definition) is 3. The van der Waals surface area contributed by atoms with Crippen molar-refractivity contribution in [2.45, 2.75) is 25.9 Å². The Balaban J connectivity index is 1.98. The van der Waals surface area contributed by atoms with Gasteiger partial charge < -0.3 is 4.74 Å². The second-order valence-corrected chi connectivity index (χ2v) is 5.53. The van der Waals surface area contributed by atoms with Crippen LogP contribution in [0, 0.1) is 17.8 Å². The van der Waals surface area contributed by atoms with E-state index >= 15 is 0 Å². The SMILES string of the molecule is C=C1C(=O)C=C2[C@H]1C[C@@H]1C(=C)C(=O)O[C@H]1C[C@@H]2C. The van der Waals surface area contributed by atoms with Gasteiger partial charge in [-0.15, -0.1) is 0 Å². The van der Waals surface area contributed by atoms with E-state index in [1.807, 2.05) is 0 Å². The van der Waals surface area contributed by atoms with E-state index in [4.69, 9.17) is 4.74 Å². The number of ether oxygens (including phenoxy) is 1. The maximum Gasteiger partial charge on any atom is 0.334 e. The third-order valence-electron chi connectivity index (χ3n) is 4.50. The lowest BCUT2D eigenvalue weighted by molar-refractivity contribution is -0.139. The fourth-order valence-corrected chi connectivity index (χ4v) is 3.40. The summed E-state index contributed by atoms with van der Waals surface area (Å²) in [7, 11) is 0. The molecule has 3 heteroatoms. The number of hydrogen-bond donors (Lipinski definition) is 0. The van der Waals surface area contributed by atoms with Crippen molar-refractivity contribution in [2.24, 2.45) is 17.8 Å². The van der Waals surface area contributed by atoms with Gasteiger partial charge in [0.15, 0.2) is 5.78 Å². The Kier molecular flexibility index (Phi) is 2.34. The number of carbonyl (C=O) groups is 2. The van der Waals surface area contributed by atoms with Crippen molar-refractivity contribution in [1.29, 1.82) is 0 Å². The van der Waals surface area contributed by atoms with Gasteiger partial charge in [-0.05, 0) is 30.4 Å². The lowest BCUT2D eigenvalue weighted by Crippen LogP contribution is -2.18. The van der Waals surface area contributed by atoms with Crippen molar-refractivity contribution in [1.82, 2.24) is 0 Å². The lowest BCUT2D eigenvalue weighted by Gasteiger charge is -2.17. The van der Waals surface area contributed by atoms with Gasteiger partial charge in [0.1, 0.15) is 6.10 Å². The summed E-state index contributed by atoms with van der Waals surface area (Å²) in [5.74, 6) is 0.134. The molecule has 3 nitrogen and oxygen atoms in total. The molecule has 18 heavy (non-hydrogen) atoms. The zero-order valence-corrected chi connectivity index (χ0v) is 10.4. The smallest absolute Gasteiger partial charge is 0.334 e. The summed E-state index contributed by atoms with van der Waals surface area (Å²) in [6.45, 7) is 9.82. The van der Waals surface area contributed by atoms with Crippen LogP contribution < -0.4 is 0 Å². The topological polar surface area (TPSA) is 43.4 Å². The fourth-order valence-electron chi connectivity index (χ4n) is 3.40. The van der Waals surface area contributed by atoms with E-state index in [1.54, 1.807) is 6.08 Å². The van der Waals surface area contributed by atoms with E-state index in [9.17, 15) is 9.59 Å². The molecule has 0 bridgehead atoms. The van der Waals surface area contributed by atoms with Gasteiger partial charge in [0, 0.05) is 17.4 Å². The number of rotatable bonds is 0. The number of ketones is 1. The molecule has 1 saturated heterocycles. The highest BCUT2D eigenvalue weighted by Crippen LogP contribution is 2.47. The van der Waals surface area contributed by atoms with Crippen molar-refractivity contribution < 1.29 is 14.3 Å². The van der Waals surface area contributed by atoms with Gasteiger partial charge in [-0.3, -0.25) is 4.79 Å². The third kappa shape index (κ3) is 1.43. The van der Waals surface area contributed by atoms with Crippen LogP contribution in [0.5, 0.6) is 0 Å². The van der Waals surface area contributed by atoms with Gasteiger partial charge in [-0.2, -0.15) is 0 Å². The van der Waals surface area contributed by atoms with E-state index in [-0.39, 0.29) is 35.6 Å². The summed E-state index contributed by atoms with van der Waals surface area (Å²) in [5, 5.41) is 0. The zero-order valence-electron chi connectivity index (χ0n) is 10.4. The molecule has 1 heterocycles. The first-order valence-electron chi connectivity index (χ1n) is 6.33. The minimum atomic E-state index is -0.278. The molecule has 1 aliphatic heterocycles. The van der Waals surface area contributed by atoms with Crippen LogP contribution in [0.2, 0.25) is 0 Å². The van der Waals surface area contributed by atoms with E-state index < -0.39 is 0 Å². The molecule has 0 aromatic rings. The van der Waals surface area contributed by atoms with Crippen LogP contribution in [-0.4, -0.2) is 17.9 Å². The maximum absolute atomic E-state index is 11.7. The van der Waals surface area contributed by atoms with Gasteiger partial charge in [-0.1, -0.05) is 25.7 Å². The van der Waals surface area contributed by atoms with Gasteiger partial charge >= 0.3 is 5.97 Å². The molecule has 1 saturated carbocycles. The second kappa shape index (κ2) is 3.67. The molecular formula is C15H16O3. The quantitative estimate of drug-likeness (QED) is 0.484. The molecule has 4 atom stereocenters. The Bertz CT molecular complexity index is 512. The molecule has 0 aromatic heterocycles. The minimum Gasteiger partial charge on any atom is -0.458 e. The Morgan fingerprint density at radius 2 is 1.94 bits per heavy atom. The predicted molar refractivity (Wildman–Crippen MR) is 66.6 cm³/mol. The molecule has 0 spiro atoms. The van der Waals surface area contributed by atoms with Crippen molar-refractivity contribution in [3.63, 3.8) is 0 Å². The molecule has 3 rings (SSSR count). The van der Waals surface area contributed by atoms with Gasteiger partial charge in [0.25, 0.3) is 0 Å². The molecule has 94 valence electrons. The Morgan fingerprint density at radius 3 is 2.67 bits per heavy atom. The molecule has 3 aliphatic rings. The van der Waals surface area contributed by atoms with E-state index in [0.717, 1.165) is 18.4 Å². The first-order valence-corrected chi connectivity index (χ1v) is 6.33. The summed E-state index contributed by atoms with van der Waals surface area (Å²) in [5.41, 5.74) is 2.37. The van der Waals surface area contributed by atoms with Crippen molar-refractivity contribution >= 4 is 11.8 Å². The van der Waals surface area contributed by atoms with Crippen LogP contribution in [0.25, 0.3) is 0 Å².